The van der Waals surface area contributed by atoms with Gasteiger partial charge in [0.2, 0.25) is 0 Å². The van der Waals surface area contributed by atoms with Gasteiger partial charge in [-0.25, -0.2) is 4.79 Å². The molecule has 0 aromatic heterocycles. The predicted octanol–water partition coefficient (Wildman–Crippen LogP) is 3.09. The Kier molecular flexibility index (Phi) is 12.2. The maximum Gasteiger partial charge on any atom is 0.407 e. The average Bonchev–Trinajstić information content (AvgIpc) is 2.47. The zero-order valence-electron chi connectivity index (χ0n) is 13.6. The molecule has 1 aromatic rings. The van der Waals surface area contributed by atoms with Crippen LogP contribution in [0.3, 0.4) is 0 Å². The largest absolute Gasteiger partial charge is 0.481 e. The second kappa shape index (κ2) is 12.3. The summed E-state index contributed by atoms with van der Waals surface area (Å²) >= 11 is 0. The number of hydrogen-bond acceptors (Lipinski definition) is 3. The van der Waals surface area contributed by atoms with Gasteiger partial charge in [0.05, 0.1) is 0 Å². The minimum absolute atomic E-state index is 0.212. The summed E-state index contributed by atoms with van der Waals surface area (Å²) in [5.74, 6) is -0.742. The van der Waals surface area contributed by atoms with Crippen molar-refractivity contribution in [1.82, 2.24) is 5.32 Å². The fourth-order valence-corrected chi connectivity index (χ4v) is 1.23. The van der Waals surface area contributed by atoms with E-state index in [9.17, 15) is 9.59 Å². The number of alkyl carbamates (subject to hydrolysis) is 1. The summed E-state index contributed by atoms with van der Waals surface area (Å²) in [5, 5.41) is 10.7. The monoisotopic (exact) mass is 307 g/mol. The van der Waals surface area contributed by atoms with Crippen LogP contribution >= 0.6 is 0 Å². The fraction of sp³-hybridized carbons (Fsp3) is 0.412. The van der Waals surface area contributed by atoms with Crippen LogP contribution in [0.25, 0.3) is 0 Å². The van der Waals surface area contributed by atoms with Gasteiger partial charge < -0.3 is 15.2 Å². The van der Waals surface area contributed by atoms with Gasteiger partial charge in [0, 0.05) is 13.5 Å². The first-order chi connectivity index (χ1) is 10.2. The molecule has 0 aliphatic heterocycles. The van der Waals surface area contributed by atoms with E-state index >= 15 is 0 Å². The zero-order chi connectivity index (χ0) is 17.6. The van der Waals surface area contributed by atoms with E-state index in [0.717, 1.165) is 5.56 Å². The SMILES string of the molecule is C#C.CNC(=O)OC(C)(C)C.O=C(O)CCc1ccccc1. The molecular weight excluding hydrogens is 282 g/mol. The number of carboxylic acids is 1. The Morgan fingerprint density at radius 2 is 1.68 bits per heavy atom. The molecule has 1 aromatic carbocycles. The molecule has 0 saturated heterocycles. The van der Waals surface area contributed by atoms with E-state index in [1.165, 1.54) is 7.05 Å². The number of aryl methyl sites for hydroxylation is 1. The topological polar surface area (TPSA) is 75.6 Å². The van der Waals surface area contributed by atoms with E-state index in [0.29, 0.717) is 6.42 Å². The third-order valence-corrected chi connectivity index (χ3v) is 2.07. The van der Waals surface area contributed by atoms with E-state index < -0.39 is 5.97 Å². The second-order valence-electron chi connectivity index (χ2n) is 5.13. The van der Waals surface area contributed by atoms with E-state index in [1.807, 2.05) is 51.1 Å². The first kappa shape index (κ1) is 21.8. The molecule has 22 heavy (non-hydrogen) atoms. The van der Waals surface area contributed by atoms with E-state index in [-0.39, 0.29) is 18.1 Å². The third-order valence-electron chi connectivity index (χ3n) is 2.07. The zero-order valence-corrected chi connectivity index (χ0v) is 13.6. The van der Waals surface area contributed by atoms with Gasteiger partial charge in [0.15, 0.2) is 0 Å². The Morgan fingerprint density at radius 3 is 2.00 bits per heavy atom. The Hall–Kier alpha value is -2.48. The molecule has 1 rings (SSSR count). The van der Waals surface area contributed by atoms with E-state index in [1.54, 1.807) is 0 Å². The number of rotatable bonds is 3. The minimum Gasteiger partial charge on any atom is -0.481 e. The molecule has 0 fully saturated rings. The summed E-state index contributed by atoms with van der Waals surface area (Å²) in [6, 6.07) is 9.62. The summed E-state index contributed by atoms with van der Waals surface area (Å²) in [6.45, 7) is 5.46. The minimum atomic E-state index is -0.742. The van der Waals surface area contributed by atoms with Crippen LogP contribution in [-0.2, 0) is 16.0 Å². The Morgan fingerprint density at radius 1 is 1.18 bits per heavy atom. The van der Waals surface area contributed by atoms with E-state index in [4.69, 9.17) is 9.84 Å². The van der Waals surface area contributed by atoms with Crippen molar-refractivity contribution in [3.8, 4) is 12.8 Å². The highest BCUT2D eigenvalue weighted by molar-refractivity contribution is 5.67. The smallest absolute Gasteiger partial charge is 0.407 e. The fourth-order valence-electron chi connectivity index (χ4n) is 1.23. The maximum absolute atomic E-state index is 10.5. The van der Waals surface area contributed by atoms with Crippen LogP contribution in [-0.4, -0.2) is 29.8 Å². The summed E-state index contributed by atoms with van der Waals surface area (Å²) < 4.78 is 4.84. The van der Waals surface area contributed by atoms with E-state index in [2.05, 4.69) is 18.2 Å². The number of amides is 1. The Labute approximate surface area is 132 Å². The van der Waals surface area contributed by atoms with Gasteiger partial charge in [0.25, 0.3) is 0 Å². The van der Waals surface area contributed by atoms with Crippen LogP contribution in [0.1, 0.15) is 32.8 Å². The molecule has 122 valence electrons. The van der Waals surface area contributed by atoms with Crippen molar-refractivity contribution in [2.75, 3.05) is 7.05 Å². The van der Waals surface area contributed by atoms with Crippen molar-refractivity contribution in [2.45, 2.75) is 39.2 Å². The molecule has 5 nitrogen and oxygen atoms in total. The number of hydrogen-bond donors (Lipinski definition) is 2. The van der Waals surface area contributed by atoms with Gasteiger partial charge in [-0.05, 0) is 32.8 Å². The molecule has 0 aliphatic rings. The standard InChI is InChI=1S/C9H10O2.C6H13NO2.C2H2/c10-9(11)7-6-8-4-2-1-3-5-8;1-6(2,3)9-5(8)7-4;1-2/h1-5H,6-7H2,(H,10,11);1-4H3,(H,7,8);1-2H. The molecule has 0 radical (unpaired) electrons. The molecule has 0 bridgehead atoms. The lowest BCUT2D eigenvalue weighted by molar-refractivity contribution is -0.136. The first-order valence-electron chi connectivity index (χ1n) is 6.74. The van der Waals surface area contributed by atoms with Gasteiger partial charge in [0.1, 0.15) is 5.60 Å². The second-order valence-corrected chi connectivity index (χ2v) is 5.13. The van der Waals surface area contributed by atoms with Gasteiger partial charge >= 0.3 is 12.1 Å². The maximum atomic E-state index is 10.5. The number of carbonyl (C=O) groups excluding carboxylic acids is 1. The highest BCUT2D eigenvalue weighted by Gasteiger charge is 2.13. The van der Waals surface area contributed by atoms with Crippen LogP contribution in [0.15, 0.2) is 30.3 Å². The van der Waals surface area contributed by atoms with Crippen molar-refractivity contribution >= 4 is 12.1 Å². The number of ether oxygens (including phenoxy) is 1. The third kappa shape index (κ3) is 15.6. The van der Waals surface area contributed by atoms with Crippen molar-refractivity contribution in [3.63, 3.8) is 0 Å². The van der Waals surface area contributed by atoms with Crippen LogP contribution in [0.5, 0.6) is 0 Å². The van der Waals surface area contributed by atoms with Crippen LogP contribution < -0.4 is 5.32 Å². The van der Waals surface area contributed by atoms with Crippen molar-refractivity contribution in [2.24, 2.45) is 0 Å². The lowest BCUT2D eigenvalue weighted by atomic mass is 10.1. The number of carbonyl (C=O) groups is 2. The number of nitrogens with one attached hydrogen (secondary N) is 1. The number of benzene rings is 1. The highest BCUT2D eigenvalue weighted by atomic mass is 16.6. The molecule has 0 unspecified atom stereocenters. The molecule has 0 aliphatic carbocycles. The molecule has 5 heteroatoms. The van der Waals surface area contributed by atoms with Gasteiger partial charge in [-0.1, -0.05) is 30.3 Å². The number of terminal acetylenes is 1. The normalized spacial score (nSPS) is 9.18. The Bertz CT molecular complexity index is 447. The molecular formula is C17H25NO4. The first-order valence-corrected chi connectivity index (χ1v) is 6.74. The van der Waals surface area contributed by atoms with Crippen molar-refractivity contribution in [1.29, 1.82) is 0 Å². The Balaban J connectivity index is 0. The van der Waals surface area contributed by atoms with Gasteiger partial charge in [-0.3, -0.25) is 4.79 Å². The summed E-state index contributed by atoms with van der Waals surface area (Å²) in [4.78, 5) is 20.7. The lowest BCUT2D eigenvalue weighted by Crippen LogP contribution is -2.30. The van der Waals surface area contributed by atoms with Crippen molar-refractivity contribution in [3.05, 3.63) is 35.9 Å². The van der Waals surface area contributed by atoms with Crippen molar-refractivity contribution < 1.29 is 19.4 Å². The van der Waals surface area contributed by atoms with Gasteiger partial charge in [-0.15, -0.1) is 12.8 Å². The summed E-state index contributed by atoms with van der Waals surface area (Å²) in [5.41, 5.74) is 0.690. The molecule has 0 spiro atoms. The lowest BCUT2D eigenvalue weighted by Gasteiger charge is -2.18. The van der Waals surface area contributed by atoms with Crippen LogP contribution in [0, 0.1) is 12.8 Å². The molecule has 0 atom stereocenters. The highest BCUT2D eigenvalue weighted by Crippen LogP contribution is 2.05. The predicted molar refractivity (Wildman–Crippen MR) is 87.6 cm³/mol. The number of aliphatic carboxylic acids is 1. The number of carboxylic acid groups (broad SMARTS) is 1. The molecule has 1 amide bonds. The summed E-state index contributed by atoms with van der Waals surface area (Å²) in [7, 11) is 1.54. The average molecular weight is 307 g/mol. The van der Waals surface area contributed by atoms with Gasteiger partial charge in [-0.2, -0.15) is 0 Å². The molecule has 2 N–H and O–H groups in total. The van der Waals surface area contributed by atoms with Crippen LogP contribution in [0.4, 0.5) is 4.79 Å². The molecule has 0 heterocycles. The summed E-state index contributed by atoms with van der Waals surface area (Å²) in [6.07, 6.45) is 8.45. The van der Waals surface area contributed by atoms with Crippen LogP contribution in [0.2, 0.25) is 0 Å². The molecule has 0 saturated carbocycles. The quantitative estimate of drug-likeness (QED) is 0.841.